The van der Waals surface area contributed by atoms with Gasteiger partial charge in [-0.1, -0.05) is 44.9 Å². The van der Waals surface area contributed by atoms with Gasteiger partial charge in [-0.05, 0) is 38.9 Å². The number of hydrogen-bond acceptors (Lipinski definition) is 3. The third kappa shape index (κ3) is 7.18. The van der Waals surface area contributed by atoms with Crippen LogP contribution in [-0.4, -0.2) is 15.7 Å². The van der Waals surface area contributed by atoms with E-state index < -0.39 is 0 Å². The molecule has 1 unspecified atom stereocenters. The number of rotatable bonds is 7. The van der Waals surface area contributed by atoms with Crippen LogP contribution in [0.2, 0.25) is 0 Å². The van der Waals surface area contributed by atoms with E-state index in [1.807, 2.05) is 6.92 Å². The van der Waals surface area contributed by atoms with Gasteiger partial charge in [-0.25, -0.2) is 0 Å². The Balaban J connectivity index is 3.99. The fourth-order valence-electron chi connectivity index (χ4n) is 1.40. The average Bonchev–Trinajstić information content (AvgIpc) is 2.18. The van der Waals surface area contributed by atoms with Crippen LogP contribution in [0.3, 0.4) is 0 Å². The van der Waals surface area contributed by atoms with E-state index in [9.17, 15) is 0 Å². The standard InChI is InChI=1S/C12H24OS2/c1-5-8-9-10-12(4,6-2)15-11(14)13-7-3/h5-10H2,1-4H3. The molecule has 0 aliphatic rings. The lowest BCUT2D eigenvalue weighted by Crippen LogP contribution is -2.21. The zero-order valence-electron chi connectivity index (χ0n) is 10.5. The minimum atomic E-state index is 0.265. The van der Waals surface area contributed by atoms with Gasteiger partial charge in [0, 0.05) is 4.75 Å². The summed E-state index contributed by atoms with van der Waals surface area (Å²) < 4.78 is 6.31. The van der Waals surface area contributed by atoms with Crippen molar-refractivity contribution in [1.82, 2.24) is 0 Å². The van der Waals surface area contributed by atoms with Crippen LogP contribution < -0.4 is 0 Å². The van der Waals surface area contributed by atoms with E-state index >= 15 is 0 Å². The van der Waals surface area contributed by atoms with Crippen molar-refractivity contribution in [2.24, 2.45) is 0 Å². The molecular formula is C12H24OS2. The SMILES string of the molecule is CCCCCC(C)(CC)SC(=S)OCC. The van der Waals surface area contributed by atoms with Crippen LogP contribution in [0.5, 0.6) is 0 Å². The largest absolute Gasteiger partial charge is 0.479 e. The van der Waals surface area contributed by atoms with Gasteiger partial charge < -0.3 is 4.74 Å². The minimum absolute atomic E-state index is 0.265. The first-order chi connectivity index (χ1) is 7.08. The molecule has 0 bridgehead atoms. The van der Waals surface area contributed by atoms with Crippen LogP contribution in [0.4, 0.5) is 0 Å². The van der Waals surface area contributed by atoms with E-state index in [1.54, 1.807) is 11.8 Å². The zero-order valence-corrected chi connectivity index (χ0v) is 12.1. The first-order valence-corrected chi connectivity index (χ1v) is 7.16. The summed E-state index contributed by atoms with van der Waals surface area (Å²) in [4.78, 5) is 0. The molecule has 0 N–H and O–H groups in total. The van der Waals surface area contributed by atoms with E-state index in [1.165, 1.54) is 25.7 Å². The average molecular weight is 248 g/mol. The summed E-state index contributed by atoms with van der Waals surface area (Å²) in [7, 11) is 0. The molecule has 0 radical (unpaired) electrons. The maximum atomic E-state index is 5.34. The van der Waals surface area contributed by atoms with Gasteiger partial charge in [-0.3, -0.25) is 0 Å². The Bertz CT molecular complexity index is 182. The second kappa shape index (κ2) is 8.40. The minimum Gasteiger partial charge on any atom is -0.479 e. The lowest BCUT2D eigenvalue weighted by molar-refractivity contribution is 0.345. The Labute approximate surface area is 104 Å². The topological polar surface area (TPSA) is 9.23 Å². The van der Waals surface area contributed by atoms with Crippen molar-refractivity contribution in [2.75, 3.05) is 6.61 Å². The number of hydrogen-bond donors (Lipinski definition) is 0. The van der Waals surface area contributed by atoms with Crippen LogP contribution in [0.1, 0.15) is 59.8 Å². The molecule has 1 nitrogen and oxygen atoms in total. The van der Waals surface area contributed by atoms with Gasteiger partial charge in [-0.2, -0.15) is 0 Å². The molecule has 3 heteroatoms. The molecule has 0 aromatic carbocycles. The van der Waals surface area contributed by atoms with E-state index in [0.29, 0.717) is 11.0 Å². The van der Waals surface area contributed by atoms with Gasteiger partial charge in [0.15, 0.2) is 0 Å². The molecule has 0 aromatic rings. The molecular weight excluding hydrogens is 224 g/mol. The fourth-order valence-corrected chi connectivity index (χ4v) is 3.09. The Morgan fingerprint density at radius 1 is 1.27 bits per heavy atom. The first kappa shape index (κ1) is 15.2. The van der Waals surface area contributed by atoms with Gasteiger partial charge in [-0.15, -0.1) is 0 Å². The molecule has 90 valence electrons. The van der Waals surface area contributed by atoms with Crippen molar-refractivity contribution >= 4 is 28.4 Å². The summed E-state index contributed by atoms with van der Waals surface area (Å²) in [5, 5.41) is 0. The molecule has 0 aliphatic heterocycles. The number of thioether (sulfide) groups is 1. The summed E-state index contributed by atoms with van der Waals surface area (Å²) in [6.45, 7) is 9.42. The lowest BCUT2D eigenvalue weighted by Gasteiger charge is -2.27. The predicted molar refractivity (Wildman–Crippen MR) is 74.7 cm³/mol. The Kier molecular flexibility index (Phi) is 8.53. The van der Waals surface area contributed by atoms with E-state index in [-0.39, 0.29) is 4.75 Å². The molecule has 0 spiro atoms. The zero-order chi connectivity index (χ0) is 11.7. The lowest BCUT2D eigenvalue weighted by atomic mass is 10.00. The van der Waals surface area contributed by atoms with Crippen molar-refractivity contribution in [1.29, 1.82) is 0 Å². The van der Waals surface area contributed by atoms with Crippen LogP contribution >= 0.6 is 24.0 Å². The molecule has 0 rings (SSSR count). The van der Waals surface area contributed by atoms with Crippen LogP contribution in [0.15, 0.2) is 0 Å². The Hall–Kier alpha value is 0.240. The van der Waals surface area contributed by atoms with Crippen molar-refractivity contribution < 1.29 is 4.74 Å². The highest BCUT2D eigenvalue weighted by Gasteiger charge is 2.24. The highest BCUT2D eigenvalue weighted by molar-refractivity contribution is 8.23. The van der Waals surface area contributed by atoms with Gasteiger partial charge in [0.05, 0.1) is 6.61 Å². The molecule has 0 amide bonds. The van der Waals surface area contributed by atoms with Crippen molar-refractivity contribution in [3.63, 3.8) is 0 Å². The van der Waals surface area contributed by atoms with Crippen LogP contribution in [0.25, 0.3) is 0 Å². The van der Waals surface area contributed by atoms with Gasteiger partial charge in [0.25, 0.3) is 0 Å². The highest BCUT2D eigenvalue weighted by atomic mass is 32.2. The molecule has 0 aromatic heterocycles. The van der Waals surface area contributed by atoms with Crippen LogP contribution in [-0.2, 0) is 4.74 Å². The van der Waals surface area contributed by atoms with Gasteiger partial charge in [0.1, 0.15) is 0 Å². The molecule has 0 fully saturated rings. The molecule has 0 saturated heterocycles. The van der Waals surface area contributed by atoms with Gasteiger partial charge >= 0.3 is 0 Å². The Morgan fingerprint density at radius 3 is 2.40 bits per heavy atom. The quantitative estimate of drug-likeness (QED) is 0.473. The van der Waals surface area contributed by atoms with Crippen molar-refractivity contribution in [3.8, 4) is 0 Å². The summed E-state index contributed by atoms with van der Waals surface area (Å²) in [6, 6.07) is 0. The molecule has 0 aliphatic carbocycles. The van der Waals surface area contributed by atoms with E-state index in [4.69, 9.17) is 17.0 Å². The summed E-state index contributed by atoms with van der Waals surface area (Å²) in [6.07, 6.45) is 6.27. The Morgan fingerprint density at radius 2 is 1.93 bits per heavy atom. The third-order valence-corrected chi connectivity index (χ3v) is 4.29. The van der Waals surface area contributed by atoms with E-state index in [0.717, 1.165) is 6.42 Å². The first-order valence-electron chi connectivity index (χ1n) is 5.93. The second-order valence-electron chi connectivity index (χ2n) is 4.05. The predicted octanol–water partition coefficient (Wildman–Crippen LogP) is 4.79. The highest BCUT2D eigenvalue weighted by Crippen LogP contribution is 2.35. The third-order valence-electron chi connectivity index (χ3n) is 2.65. The van der Waals surface area contributed by atoms with Crippen molar-refractivity contribution in [2.45, 2.75) is 64.5 Å². The summed E-state index contributed by atoms with van der Waals surface area (Å²) >= 11 is 6.92. The maximum absolute atomic E-state index is 5.34. The maximum Gasteiger partial charge on any atom is 0.220 e. The summed E-state index contributed by atoms with van der Waals surface area (Å²) in [5.74, 6) is 0. The smallest absolute Gasteiger partial charge is 0.220 e. The number of thiocarbonyl (C=S) groups is 1. The number of ether oxygens (including phenoxy) is 1. The fraction of sp³-hybridized carbons (Fsp3) is 0.917. The monoisotopic (exact) mass is 248 g/mol. The van der Waals surface area contributed by atoms with Crippen LogP contribution in [0, 0.1) is 0 Å². The molecule has 0 saturated carbocycles. The normalized spacial score (nSPS) is 14.7. The molecule has 0 heterocycles. The number of unbranched alkanes of at least 4 members (excludes halogenated alkanes) is 2. The summed E-state index contributed by atoms with van der Waals surface area (Å²) in [5.41, 5.74) is 0. The molecule has 1 atom stereocenters. The second-order valence-corrected chi connectivity index (χ2v) is 6.24. The molecule has 15 heavy (non-hydrogen) atoms. The van der Waals surface area contributed by atoms with E-state index in [2.05, 4.69) is 20.8 Å². The van der Waals surface area contributed by atoms with Crippen molar-refractivity contribution in [3.05, 3.63) is 0 Å². The van der Waals surface area contributed by atoms with Gasteiger partial charge in [0.2, 0.25) is 4.38 Å².